The van der Waals surface area contributed by atoms with Crippen LogP contribution in [0, 0.1) is 0 Å². The van der Waals surface area contributed by atoms with E-state index in [-0.39, 0.29) is 6.04 Å². The van der Waals surface area contributed by atoms with Crippen molar-refractivity contribution in [3.05, 3.63) is 59.2 Å². The molecule has 10 heteroatoms. The van der Waals surface area contributed by atoms with Gasteiger partial charge in [-0.2, -0.15) is 0 Å². The molecule has 2 aromatic carbocycles. The number of anilines is 1. The molecule has 1 fully saturated rings. The van der Waals surface area contributed by atoms with Gasteiger partial charge in [0, 0.05) is 27.4 Å². The van der Waals surface area contributed by atoms with Gasteiger partial charge in [0.05, 0.1) is 44.7 Å². The van der Waals surface area contributed by atoms with E-state index in [1.807, 2.05) is 12.1 Å². The van der Waals surface area contributed by atoms with Crippen molar-refractivity contribution in [2.24, 2.45) is 0 Å². The first-order valence-corrected chi connectivity index (χ1v) is 14.5. The summed E-state index contributed by atoms with van der Waals surface area (Å²) in [5.74, 6) is 0.732. The third-order valence-corrected chi connectivity index (χ3v) is 7.59. The number of nitrogens with one attached hydrogen (secondary N) is 2. The van der Waals surface area contributed by atoms with Crippen LogP contribution in [0.15, 0.2) is 42.5 Å². The van der Waals surface area contributed by atoms with Crippen molar-refractivity contribution < 1.29 is 33.6 Å². The average Bonchev–Trinajstić information content (AvgIpc) is 3.01. The summed E-state index contributed by atoms with van der Waals surface area (Å²) < 4.78 is 28.1. The number of piperidine rings is 1. The highest BCUT2D eigenvalue weighted by atomic mass is 16.5. The quantitative estimate of drug-likeness (QED) is 0.207. The summed E-state index contributed by atoms with van der Waals surface area (Å²) in [6.45, 7) is 5.33. The third kappa shape index (κ3) is 9.39. The van der Waals surface area contributed by atoms with Crippen LogP contribution < -0.4 is 20.3 Å². The van der Waals surface area contributed by atoms with Crippen molar-refractivity contribution >= 4 is 11.6 Å². The summed E-state index contributed by atoms with van der Waals surface area (Å²) in [6, 6.07) is 14.5. The number of aliphatic hydroxyl groups excluding tert-OH is 1. The molecule has 0 bridgehead atoms. The van der Waals surface area contributed by atoms with Gasteiger partial charge in [-0.25, -0.2) is 0 Å². The first-order valence-electron chi connectivity index (χ1n) is 14.5. The molecule has 0 spiro atoms. The largest absolute Gasteiger partial charge is 0.490 e. The fourth-order valence-electron chi connectivity index (χ4n) is 5.39. The smallest absolute Gasteiger partial charge is 0.247 e. The van der Waals surface area contributed by atoms with E-state index in [4.69, 9.17) is 23.7 Å². The molecule has 0 aliphatic carbocycles. The molecule has 10 nitrogen and oxygen atoms in total. The summed E-state index contributed by atoms with van der Waals surface area (Å²) >= 11 is 0. The van der Waals surface area contributed by atoms with Crippen LogP contribution in [-0.4, -0.2) is 90.2 Å². The number of amides is 1. The molecular weight excluding hydrogens is 526 g/mol. The van der Waals surface area contributed by atoms with Gasteiger partial charge in [0.2, 0.25) is 5.91 Å². The van der Waals surface area contributed by atoms with E-state index >= 15 is 0 Å². The van der Waals surface area contributed by atoms with Gasteiger partial charge < -0.3 is 44.3 Å². The van der Waals surface area contributed by atoms with Crippen molar-refractivity contribution in [2.45, 2.75) is 50.7 Å². The van der Waals surface area contributed by atoms with Crippen LogP contribution in [0.4, 0.5) is 5.69 Å². The second-order valence-electron chi connectivity index (χ2n) is 10.5. The number of methoxy groups -OCH3 is 2. The van der Waals surface area contributed by atoms with Gasteiger partial charge in [-0.3, -0.25) is 4.79 Å². The van der Waals surface area contributed by atoms with E-state index in [0.29, 0.717) is 45.6 Å². The predicted molar refractivity (Wildman–Crippen MR) is 156 cm³/mol. The minimum atomic E-state index is -0.587. The lowest BCUT2D eigenvalue weighted by molar-refractivity contribution is -0.130. The Morgan fingerprint density at radius 3 is 2.68 bits per heavy atom. The molecule has 1 saturated heterocycles. The van der Waals surface area contributed by atoms with Crippen molar-refractivity contribution in [1.29, 1.82) is 0 Å². The Kier molecular flexibility index (Phi) is 12.7. The Morgan fingerprint density at radius 1 is 1.10 bits per heavy atom. The summed E-state index contributed by atoms with van der Waals surface area (Å²) in [7, 11) is 3.38. The van der Waals surface area contributed by atoms with Gasteiger partial charge in [-0.05, 0) is 60.5 Å². The van der Waals surface area contributed by atoms with Gasteiger partial charge in [0.15, 0.2) is 0 Å². The zero-order chi connectivity index (χ0) is 28.9. The number of rotatable bonds is 16. The SMILES string of the molecule is COCCCN1CCOc2ccc(COC(NC(=O)CO)[C@H]3C[C@H](c4ccc(COCCOC)cc4)CCN3)cc21. The zero-order valence-corrected chi connectivity index (χ0v) is 24.3. The molecule has 2 aromatic rings. The highest BCUT2D eigenvalue weighted by Gasteiger charge is 2.31. The number of fused-ring (bicyclic) bond motifs is 1. The topological polar surface area (TPSA) is 111 Å². The summed E-state index contributed by atoms with van der Waals surface area (Å²) in [6.07, 6.45) is 2.14. The number of hydrogen-bond donors (Lipinski definition) is 3. The molecule has 2 aliphatic rings. The lowest BCUT2D eigenvalue weighted by Crippen LogP contribution is -2.54. The number of hydrogen-bond acceptors (Lipinski definition) is 9. The van der Waals surface area contributed by atoms with Crippen LogP contribution in [-0.2, 0) is 37.0 Å². The highest BCUT2D eigenvalue weighted by molar-refractivity contribution is 5.77. The maximum absolute atomic E-state index is 12.2. The Morgan fingerprint density at radius 2 is 1.90 bits per heavy atom. The van der Waals surface area contributed by atoms with E-state index in [2.05, 4.69) is 45.9 Å². The normalized spacial score (nSPS) is 19.3. The molecule has 226 valence electrons. The second-order valence-corrected chi connectivity index (χ2v) is 10.5. The first kappa shape index (κ1) is 31.2. The van der Waals surface area contributed by atoms with E-state index in [0.717, 1.165) is 61.5 Å². The van der Waals surface area contributed by atoms with Crippen LogP contribution >= 0.6 is 0 Å². The maximum Gasteiger partial charge on any atom is 0.247 e. The molecule has 1 unspecified atom stereocenters. The zero-order valence-electron chi connectivity index (χ0n) is 24.3. The van der Waals surface area contributed by atoms with Gasteiger partial charge in [0.1, 0.15) is 25.2 Å². The number of ether oxygens (including phenoxy) is 5. The lowest BCUT2D eigenvalue weighted by atomic mass is 9.85. The van der Waals surface area contributed by atoms with E-state index in [1.165, 1.54) is 5.56 Å². The molecule has 0 aromatic heterocycles. The van der Waals surface area contributed by atoms with Gasteiger partial charge in [-0.15, -0.1) is 0 Å². The molecule has 3 N–H and O–H groups in total. The number of carbonyl (C=O) groups is 1. The fraction of sp³-hybridized carbons (Fsp3) is 0.581. The van der Waals surface area contributed by atoms with Gasteiger partial charge in [0.25, 0.3) is 0 Å². The molecule has 2 heterocycles. The summed E-state index contributed by atoms with van der Waals surface area (Å²) in [5.41, 5.74) is 4.42. The summed E-state index contributed by atoms with van der Waals surface area (Å²) in [5, 5.41) is 15.8. The van der Waals surface area contributed by atoms with Crippen molar-refractivity contribution in [1.82, 2.24) is 10.6 Å². The molecule has 2 aliphatic heterocycles. The third-order valence-electron chi connectivity index (χ3n) is 7.59. The fourth-order valence-corrected chi connectivity index (χ4v) is 5.39. The minimum absolute atomic E-state index is 0.104. The van der Waals surface area contributed by atoms with Gasteiger partial charge >= 0.3 is 0 Å². The molecule has 41 heavy (non-hydrogen) atoms. The number of carbonyl (C=O) groups excluding carboxylic acids is 1. The Labute approximate surface area is 243 Å². The van der Waals surface area contributed by atoms with Crippen LogP contribution in [0.3, 0.4) is 0 Å². The first-order chi connectivity index (χ1) is 20.1. The highest BCUT2D eigenvalue weighted by Crippen LogP contribution is 2.33. The number of benzene rings is 2. The molecule has 4 rings (SSSR count). The summed E-state index contributed by atoms with van der Waals surface area (Å²) in [4.78, 5) is 14.5. The molecular formula is C31H45N3O7. The van der Waals surface area contributed by atoms with E-state index in [9.17, 15) is 9.90 Å². The number of aliphatic hydroxyl groups is 1. The monoisotopic (exact) mass is 571 g/mol. The van der Waals surface area contributed by atoms with Gasteiger partial charge in [-0.1, -0.05) is 30.3 Å². The Bertz CT molecular complexity index is 1070. The van der Waals surface area contributed by atoms with Crippen molar-refractivity contribution in [3.8, 4) is 5.75 Å². The maximum atomic E-state index is 12.2. The van der Waals surface area contributed by atoms with Crippen molar-refractivity contribution in [2.75, 3.05) is 71.8 Å². The Hall–Kier alpha value is -2.73. The van der Waals surface area contributed by atoms with Crippen LogP contribution in [0.25, 0.3) is 0 Å². The van der Waals surface area contributed by atoms with Crippen LogP contribution in [0.2, 0.25) is 0 Å². The molecule has 0 saturated carbocycles. The second kappa shape index (κ2) is 16.6. The molecule has 3 atom stereocenters. The lowest BCUT2D eigenvalue weighted by Gasteiger charge is -2.36. The Balaban J connectivity index is 1.38. The van der Waals surface area contributed by atoms with E-state index in [1.54, 1.807) is 14.2 Å². The van der Waals surface area contributed by atoms with E-state index < -0.39 is 18.7 Å². The average molecular weight is 572 g/mol. The van der Waals surface area contributed by atoms with Crippen molar-refractivity contribution in [3.63, 3.8) is 0 Å². The predicted octanol–water partition coefficient (Wildman–Crippen LogP) is 2.57. The number of nitrogens with zero attached hydrogens (tertiary/aromatic N) is 1. The van der Waals surface area contributed by atoms with Crippen LogP contribution in [0.5, 0.6) is 5.75 Å². The molecule has 0 radical (unpaired) electrons. The molecule has 1 amide bonds. The minimum Gasteiger partial charge on any atom is -0.490 e. The van der Waals surface area contributed by atoms with Crippen LogP contribution in [0.1, 0.15) is 41.9 Å². The standard InChI is InChI=1S/C31H45N3O7/c1-37-14-3-12-34-13-15-40-29-9-6-24(18-28(29)34)22-41-31(33-30(36)20-35)27-19-26(10-11-32-27)25-7-4-23(5-8-25)21-39-17-16-38-2/h4-9,18,26-27,31-32,35H,3,10-17,19-22H2,1-2H3,(H,33,36)/t26-,27-,31?/m1/s1.